The lowest BCUT2D eigenvalue weighted by Gasteiger charge is -2.16. The van der Waals surface area contributed by atoms with E-state index in [1.165, 1.54) is 6.07 Å². The number of rotatable bonds is 4. The predicted molar refractivity (Wildman–Crippen MR) is 87.9 cm³/mol. The molecule has 1 aromatic carbocycles. The molecule has 116 valence electrons. The molecule has 1 aromatic heterocycles. The summed E-state index contributed by atoms with van der Waals surface area (Å²) in [5.41, 5.74) is 2.61. The number of pyridine rings is 1. The monoisotopic (exact) mass is 300 g/mol. The maximum atomic E-state index is 12.0. The fraction of sp³-hybridized carbons (Fsp3) is 0.294. The van der Waals surface area contributed by atoms with Crippen LogP contribution in [0.4, 0.5) is 5.69 Å². The zero-order chi connectivity index (χ0) is 16.4. The van der Waals surface area contributed by atoms with Crippen molar-refractivity contribution in [1.29, 1.82) is 0 Å². The van der Waals surface area contributed by atoms with Gasteiger partial charge in [-0.15, -0.1) is 0 Å². The van der Waals surface area contributed by atoms with Gasteiger partial charge in [0.15, 0.2) is 0 Å². The number of carboxylic acids is 1. The van der Waals surface area contributed by atoms with Crippen LogP contribution in [0.25, 0.3) is 11.3 Å². The molecule has 0 atom stereocenters. The minimum Gasteiger partial charge on any atom is -0.477 e. The van der Waals surface area contributed by atoms with Gasteiger partial charge < -0.3 is 15.0 Å². The summed E-state index contributed by atoms with van der Waals surface area (Å²) in [6.07, 6.45) is 0. The van der Waals surface area contributed by atoms with Gasteiger partial charge in [0.2, 0.25) is 0 Å². The first-order valence-corrected chi connectivity index (χ1v) is 7.09. The number of anilines is 1. The molecule has 22 heavy (non-hydrogen) atoms. The Kier molecular flexibility index (Phi) is 4.35. The van der Waals surface area contributed by atoms with Crippen molar-refractivity contribution in [2.75, 3.05) is 19.0 Å². The predicted octanol–water partition coefficient (Wildman–Crippen LogP) is 2.93. The molecular formula is C17H20N2O3. The van der Waals surface area contributed by atoms with Gasteiger partial charge in [-0.1, -0.05) is 26.0 Å². The number of hydrogen-bond donors (Lipinski definition) is 2. The first-order chi connectivity index (χ1) is 10.3. The quantitative estimate of drug-likeness (QED) is 0.910. The number of aromatic carboxylic acids is 1. The number of aromatic nitrogens is 1. The molecule has 2 N–H and O–H groups in total. The highest BCUT2D eigenvalue weighted by Crippen LogP contribution is 2.28. The Bertz CT molecular complexity index is 743. The third kappa shape index (κ3) is 3.03. The van der Waals surface area contributed by atoms with Gasteiger partial charge in [-0.05, 0) is 35.2 Å². The largest absolute Gasteiger partial charge is 0.477 e. The maximum absolute atomic E-state index is 12.0. The van der Waals surface area contributed by atoms with Gasteiger partial charge in [-0.3, -0.25) is 4.79 Å². The molecule has 5 heteroatoms. The Balaban J connectivity index is 2.61. The summed E-state index contributed by atoms with van der Waals surface area (Å²) in [7, 11) is 3.91. The van der Waals surface area contributed by atoms with E-state index in [1.54, 1.807) is 0 Å². The Morgan fingerprint density at radius 3 is 2.23 bits per heavy atom. The topological polar surface area (TPSA) is 73.4 Å². The SMILES string of the molecule is CC(C)c1cc(C(=O)O)c(=O)[nH]c1-c1ccc(N(C)C)cc1. The second kappa shape index (κ2) is 6.05. The number of carboxylic acid groups (broad SMARTS) is 1. The molecule has 0 aliphatic carbocycles. The summed E-state index contributed by atoms with van der Waals surface area (Å²) in [5.74, 6) is -1.11. The number of nitrogens with zero attached hydrogens (tertiary/aromatic N) is 1. The Morgan fingerprint density at radius 1 is 1.18 bits per heavy atom. The standard InChI is InChI=1S/C17H20N2O3/c1-10(2)13-9-14(17(21)22)16(20)18-15(13)11-5-7-12(8-6-11)19(3)4/h5-10H,1-4H3,(H,18,20)(H,21,22). The molecule has 2 rings (SSSR count). The third-order valence-corrected chi connectivity index (χ3v) is 3.60. The van der Waals surface area contributed by atoms with Crippen molar-refractivity contribution in [3.05, 3.63) is 51.8 Å². The van der Waals surface area contributed by atoms with Crippen LogP contribution in [0, 0.1) is 0 Å². The minimum atomic E-state index is -1.21. The molecule has 0 aliphatic heterocycles. The van der Waals surface area contributed by atoms with Crippen LogP contribution in [0.1, 0.15) is 35.7 Å². The van der Waals surface area contributed by atoms with Gasteiger partial charge in [0.1, 0.15) is 5.56 Å². The van der Waals surface area contributed by atoms with E-state index in [2.05, 4.69) is 4.98 Å². The van der Waals surface area contributed by atoms with E-state index in [-0.39, 0.29) is 11.5 Å². The summed E-state index contributed by atoms with van der Waals surface area (Å²) in [6, 6.07) is 9.24. The zero-order valence-corrected chi connectivity index (χ0v) is 13.2. The molecule has 0 spiro atoms. The van der Waals surface area contributed by atoms with Crippen LogP contribution in [-0.4, -0.2) is 30.2 Å². The summed E-state index contributed by atoms with van der Waals surface area (Å²) in [4.78, 5) is 27.8. The van der Waals surface area contributed by atoms with Gasteiger partial charge in [-0.2, -0.15) is 0 Å². The van der Waals surface area contributed by atoms with Gasteiger partial charge in [0.25, 0.3) is 5.56 Å². The summed E-state index contributed by atoms with van der Waals surface area (Å²) in [6.45, 7) is 3.94. The van der Waals surface area contributed by atoms with Gasteiger partial charge >= 0.3 is 5.97 Å². The van der Waals surface area contributed by atoms with Crippen molar-refractivity contribution in [1.82, 2.24) is 4.98 Å². The second-order valence-electron chi connectivity index (χ2n) is 5.74. The fourth-order valence-electron chi connectivity index (χ4n) is 2.33. The van der Waals surface area contributed by atoms with E-state index in [1.807, 2.05) is 57.1 Å². The number of aromatic amines is 1. The molecule has 0 amide bonds. The molecule has 2 aromatic rings. The van der Waals surface area contributed by atoms with E-state index < -0.39 is 11.5 Å². The van der Waals surface area contributed by atoms with Crippen LogP contribution < -0.4 is 10.5 Å². The van der Waals surface area contributed by atoms with E-state index in [4.69, 9.17) is 5.11 Å². The van der Waals surface area contributed by atoms with Crippen LogP contribution >= 0.6 is 0 Å². The number of hydrogen-bond acceptors (Lipinski definition) is 3. The molecular weight excluding hydrogens is 280 g/mol. The van der Waals surface area contributed by atoms with Crippen LogP contribution in [-0.2, 0) is 0 Å². The van der Waals surface area contributed by atoms with E-state index in [9.17, 15) is 9.59 Å². The summed E-state index contributed by atoms with van der Waals surface area (Å²) >= 11 is 0. The highest BCUT2D eigenvalue weighted by atomic mass is 16.4. The zero-order valence-electron chi connectivity index (χ0n) is 13.2. The van der Waals surface area contributed by atoms with Crippen molar-refractivity contribution in [3.63, 3.8) is 0 Å². The molecule has 0 fully saturated rings. The molecule has 0 saturated heterocycles. The lowest BCUT2D eigenvalue weighted by molar-refractivity contribution is 0.0695. The molecule has 0 saturated carbocycles. The summed E-state index contributed by atoms with van der Waals surface area (Å²) < 4.78 is 0. The molecule has 0 unspecified atom stereocenters. The van der Waals surface area contributed by atoms with E-state index >= 15 is 0 Å². The smallest absolute Gasteiger partial charge is 0.341 e. The lowest BCUT2D eigenvalue weighted by Crippen LogP contribution is -2.19. The lowest BCUT2D eigenvalue weighted by atomic mass is 9.95. The van der Waals surface area contributed by atoms with Crippen LogP contribution in [0.2, 0.25) is 0 Å². The van der Waals surface area contributed by atoms with Gasteiger partial charge in [0.05, 0.1) is 5.69 Å². The Hall–Kier alpha value is -2.56. The second-order valence-corrected chi connectivity index (χ2v) is 5.74. The highest BCUT2D eigenvalue weighted by molar-refractivity contribution is 5.88. The third-order valence-electron chi connectivity index (χ3n) is 3.60. The first kappa shape index (κ1) is 15.8. The molecule has 0 aliphatic rings. The number of H-pyrrole nitrogens is 1. The Labute approximate surface area is 129 Å². The van der Waals surface area contributed by atoms with Crippen LogP contribution in [0.5, 0.6) is 0 Å². The summed E-state index contributed by atoms with van der Waals surface area (Å²) in [5, 5.41) is 9.11. The normalized spacial score (nSPS) is 10.8. The van der Waals surface area contributed by atoms with Crippen molar-refractivity contribution < 1.29 is 9.90 Å². The minimum absolute atomic E-state index is 0.0958. The van der Waals surface area contributed by atoms with Crippen molar-refractivity contribution in [2.45, 2.75) is 19.8 Å². The average Bonchev–Trinajstić information content (AvgIpc) is 2.46. The van der Waals surface area contributed by atoms with E-state index in [0.717, 1.165) is 16.8 Å². The Morgan fingerprint density at radius 2 is 1.77 bits per heavy atom. The fourth-order valence-corrected chi connectivity index (χ4v) is 2.33. The highest BCUT2D eigenvalue weighted by Gasteiger charge is 2.16. The average molecular weight is 300 g/mol. The van der Waals surface area contributed by atoms with Gasteiger partial charge in [-0.25, -0.2) is 4.79 Å². The van der Waals surface area contributed by atoms with Crippen LogP contribution in [0.3, 0.4) is 0 Å². The number of carbonyl (C=O) groups is 1. The first-order valence-electron chi connectivity index (χ1n) is 7.09. The number of nitrogens with one attached hydrogen (secondary N) is 1. The van der Waals surface area contributed by atoms with Gasteiger partial charge in [0, 0.05) is 19.8 Å². The number of benzene rings is 1. The van der Waals surface area contributed by atoms with Crippen molar-refractivity contribution in [3.8, 4) is 11.3 Å². The van der Waals surface area contributed by atoms with E-state index in [0.29, 0.717) is 5.69 Å². The van der Waals surface area contributed by atoms with Crippen LogP contribution in [0.15, 0.2) is 35.1 Å². The maximum Gasteiger partial charge on any atom is 0.341 e. The molecule has 5 nitrogen and oxygen atoms in total. The van der Waals surface area contributed by atoms with Crippen molar-refractivity contribution >= 4 is 11.7 Å². The molecule has 0 bridgehead atoms. The molecule has 1 heterocycles. The molecule has 0 radical (unpaired) electrons. The van der Waals surface area contributed by atoms with Crippen molar-refractivity contribution in [2.24, 2.45) is 0 Å².